The Labute approximate surface area is 99.3 Å². The molecule has 0 fully saturated rings. The third-order valence-electron chi connectivity index (χ3n) is 2.43. The van der Waals surface area contributed by atoms with Crippen LogP contribution in [0.1, 0.15) is 31.4 Å². The molecule has 0 saturated heterocycles. The van der Waals surface area contributed by atoms with Crippen molar-refractivity contribution in [3.8, 4) is 5.69 Å². The summed E-state index contributed by atoms with van der Waals surface area (Å²) in [5, 5.41) is 4.28. The van der Waals surface area contributed by atoms with Gasteiger partial charge in [-0.1, -0.05) is 19.9 Å². The molecule has 0 saturated carbocycles. The standard InChI is InChI=1S/C12H15FN4/c1-8(2)12-15-11(7-14)16-17(12)10-5-3-4-9(13)6-10/h3-6,8H,7,14H2,1-2H3. The quantitative estimate of drug-likeness (QED) is 0.883. The van der Waals surface area contributed by atoms with Crippen molar-refractivity contribution in [3.05, 3.63) is 41.7 Å². The van der Waals surface area contributed by atoms with Gasteiger partial charge in [-0.2, -0.15) is 0 Å². The zero-order valence-corrected chi connectivity index (χ0v) is 9.89. The van der Waals surface area contributed by atoms with Crippen LogP contribution in [0.3, 0.4) is 0 Å². The van der Waals surface area contributed by atoms with Crippen molar-refractivity contribution in [2.24, 2.45) is 5.73 Å². The highest BCUT2D eigenvalue weighted by atomic mass is 19.1. The predicted molar refractivity (Wildman–Crippen MR) is 63.3 cm³/mol. The first-order valence-corrected chi connectivity index (χ1v) is 5.53. The molecule has 1 aromatic heterocycles. The highest BCUT2D eigenvalue weighted by molar-refractivity contribution is 5.32. The minimum absolute atomic E-state index is 0.200. The normalized spacial score (nSPS) is 11.1. The van der Waals surface area contributed by atoms with Gasteiger partial charge in [0.2, 0.25) is 0 Å². The van der Waals surface area contributed by atoms with Crippen LogP contribution in [0.25, 0.3) is 5.69 Å². The number of nitrogens with two attached hydrogens (primary N) is 1. The molecule has 4 nitrogen and oxygen atoms in total. The summed E-state index contributed by atoms with van der Waals surface area (Å²) in [7, 11) is 0. The molecule has 0 aliphatic rings. The van der Waals surface area contributed by atoms with Gasteiger partial charge in [0, 0.05) is 5.92 Å². The van der Waals surface area contributed by atoms with Crippen LogP contribution in [-0.2, 0) is 6.54 Å². The zero-order valence-electron chi connectivity index (χ0n) is 9.89. The van der Waals surface area contributed by atoms with Crippen LogP contribution < -0.4 is 5.73 Å². The monoisotopic (exact) mass is 234 g/mol. The van der Waals surface area contributed by atoms with Crippen molar-refractivity contribution in [2.45, 2.75) is 26.3 Å². The molecule has 0 amide bonds. The fourth-order valence-corrected chi connectivity index (χ4v) is 1.63. The van der Waals surface area contributed by atoms with Gasteiger partial charge in [0.05, 0.1) is 12.2 Å². The summed E-state index contributed by atoms with van der Waals surface area (Å²) in [6.45, 7) is 4.31. The van der Waals surface area contributed by atoms with Crippen LogP contribution in [-0.4, -0.2) is 14.8 Å². The van der Waals surface area contributed by atoms with E-state index in [2.05, 4.69) is 10.1 Å². The van der Waals surface area contributed by atoms with E-state index in [1.165, 1.54) is 12.1 Å². The lowest BCUT2D eigenvalue weighted by Crippen LogP contribution is -2.05. The molecule has 5 heteroatoms. The van der Waals surface area contributed by atoms with Crippen molar-refractivity contribution in [3.63, 3.8) is 0 Å². The maximum Gasteiger partial charge on any atom is 0.164 e. The summed E-state index contributed by atoms with van der Waals surface area (Å²) in [6, 6.07) is 6.28. The molecule has 2 N–H and O–H groups in total. The van der Waals surface area contributed by atoms with E-state index in [-0.39, 0.29) is 18.3 Å². The second-order valence-corrected chi connectivity index (χ2v) is 4.14. The number of benzene rings is 1. The van der Waals surface area contributed by atoms with Gasteiger partial charge in [0.1, 0.15) is 11.6 Å². The lowest BCUT2D eigenvalue weighted by atomic mass is 10.2. The van der Waals surface area contributed by atoms with Crippen LogP contribution in [0.2, 0.25) is 0 Å². The second kappa shape index (κ2) is 4.63. The van der Waals surface area contributed by atoms with E-state index in [1.54, 1.807) is 16.8 Å². The van der Waals surface area contributed by atoms with Gasteiger partial charge in [-0.15, -0.1) is 5.10 Å². The fourth-order valence-electron chi connectivity index (χ4n) is 1.63. The van der Waals surface area contributed by atoms with Crippen molar-refractivity contribution in [2.75, 3.05) is 0 Å². The average molecular weight is 234 g/mol. The first-order chi connectivity index (χ1) is 8.11. The topological polar surface area (TPSA) is 56.7 Å². The van der Waals surface area contributed by atoms with Gasteiger partial charge in [-0.25, -0.2) is 14.1 Å². The second-order valence-electron chi connectivity index (χ2n) is 4.14. The van der Waals surface area contributed by atoms with E-state index in [9.17, 15) is 4.39 Å². The zero-order chi connectivity index (χ0) is 12.4. The molecule has 1 heterocycles. The van der Waals surface area contributed by atoms with E-state index in [0.29, 0.717) is 11.5 Å². The maximum absolute atomic E-state index is 13.2. The average Bonchev–Trinajstić information content (AvgIpc) is 2.73. The Morgan fingerprint density at radius 2 is 2.18 bits per heavy atom. The molecule has 0 aliphatic carbocycles. The minimum atomic E-state index is -0.290. The third kappa shape index (κ3) is 2.34. The molecular weight excluding hydrogens is 219 g/mol. The van der Waals surface area contributed by atoms with Gasteiger partial charge >= 0.3 is 0 Å². The Balaban J connectivity index is 2.53. The predicted octanol–water partition coefficient (Wildman–Crippen LogP) is 1.99. The summed E-state index contributed by atoms with van der Waals surface area (Å²) >= 11 is 0. The number of halogens is 1. The summed E-state index contributed by atoms with van der Waals surface area (Å²) in [6.07, 6.45) is 0. The molecule has 0 radical (unpaired) electrons. The number of hydrogen-bond acceptors (Lipinski definition) is 3. The number of hydrogen-bond donors (Lipinski definition) is 1. The van der Waals surface area contributed by atoms with Crippen LogP contribution in [0, 0.1) is 5.82 Å². The third-order valence-corrected chi connectivity index (χ3v) is 2.43. The van der Waals surface area contributed by atoms with Gasteiger partial charge in [-0.05, 0) is 18.2 Å². The summed E-state index contributed by atoms with van der Waals surface area (Å²) in [4.78, 5) is 4.34. The van der Waals surface area contributed by atoms with Gasteiger partial charge < -0.3 is 5.73 Å². The highest BCUT2D eigenvalue weighted by Gasteiger charge is 2.14. The molecule has 0 spiro atoms. The Hall–Kier alpha value is -1.75. The van der Waals surface area contributed by atoms with Crippen LogP contribution >= 0.6 is 0 Å². The number of rotatable bonds is 3. The van der Waals surface area contributed by atoms with E-state index in [4.69, 9.17) is 5.73 Å². The van der Waals surface area contributed by atoms with E-state index < -0.39 is 0 Å². The van der Waals surface area contributed by atoms with Crippen LogP contribution in [0.15, 0.2) is 24.3 Å². The van der Waals surface area contributed by atoms with Crippen molar-refractivity contribution < 1.29 is 4.39 Å². The molecular formula is C12H15FN4. The molecule has 2 aromatic rings. The van der Waals surface area contributed by atoms with Crippen LogP contribution in [0.4, 0.5) is 4.39 Å². The van der Waals surface area contributed by atoms with Crippen molar-refractivity contribution in [1.29, 1.82) is 0 Å². The molecule has 0 aliphatic heterocycles. The summed E-state index contributed by atoms with van der Waals surface area (Å²) in [5.41, 5.74) is 6.20. The molecule has 0 bridgehead atoms. The van der Waals surface area contributed by atoms with Crippen molar-refractivity contribution in [1.82, 2.24) is 14.8 Å². The number of aromatic nitrogens is 3. The molecule has 2 rings (SSSR count). The first kappa shape index (κ1) is 11.7. The largest absolute Gasteiger partial charge is 0.324 e. The Kier molecular flexibility index (Phi) is 3.19. The highest BCUT2D eigenvalue weighted by Crippen LogP contribution is 2.17. The Morgan fingerprint density at radius 1 is 1.41 bits per heavy atom. The first-order valence-electron chi connectivity index (χ1n) is 5.53. The van der Waals surface area contributed by atoms with Crippen molar-refractivity contribution >= 4 is 0 Å². The Morgan fingerprint density at radius 3 is 2.76 bits per heavy atom. The smallest absolute Gasteiger partial charge is 0.164 e. The Bertz CT molecular complexity index is 519. The number of nitrogens with zero attached hydrogens (tertiary/aromatic N) is 3. The van der Waals surface area contributed by atoms with E-state index in [1.807, 2.05) is 13.8 Å². The molecule has 1 aromatic carbocycles. The van der Waals surface area contributed by atoms with E-state index >= 15 is 0 Å². The lowest BCUT2D eigenvalue weighted by molar-refractivity contribution is 0.623. The van der Waals surface area contributed by atoms with Gasteiger partial charge in [-0.3, -0.25) is 0 Å². The summed E-state index contributed by atoms with van der Waals surface area (Å²) < 4.78 is 14.8. The lowest BCUT2D eigenvalue weighted by Gasteiger charge is -2.07. The van der Waals surface area contributed by atoms with Crippen LogP contribution in [0.5, 0.6) is 0 Å². The molecule has 0 unspecified atom stereocenters. The summed E-state index contributed by atoms with van der Waals surface area (Å²) in [5.74, 6) is 1.27. The SMILES string of the molecule is CC(C)c1nc(CN)nn1-c1cccc(F)c1. The van der Waals surface area contributed by atoms with Gasteiger partial charge in [0.25, 0.3) is 0 Å². The van der Waals surface area contributed by atoms with Gasteiger partial charge in [0.15, 0.2) is 5.82 Å². The minimum Gasteiger partial charge on any atom is -0.324 e. The molecule has 90 valence electrons. The molecule has 17 heavy (non-hydrogen) atoms. The fraction of sp³-hybridized carbons (Fsp3) is 0.333. The van der Waals surface area contributed by atoms with E-state index in [0.717, 1.165) is 5.82 Å². The maximum atomic E-state index is 13.2. The molecule has 0 atom stereocenters.